The highest BCUT2D eigenvalue weighted by molar-refractivity contribution is 7.89. The van der Waals surface area contributed by atoms with E-state index in [4.69, 9.17) is 11.6 Å². The van der Waals surface area contributed by atoms with Crippen LogP contribution in [-0.4, -0.2) is 68.6 Å². The number of rotatable bonds is 6. The van der Waals surface area contributed by atoms with Crippen LogP contribution < -0.4 is 4.90 Å². The van der Waals surface area contributed by atoms with Crippen molar-refractivity contribution >= 4 is 33.2 Å². The maximum atomic E-state index is 12.3. The molecule has 1 aliphatic heterocycles. The van der Waals surface area contributed by atoms with Crippen molar-refractivity contribution in [1.29, 1.82) is 0 Å². The van der Waals surface area contributed by atoms with E-state index in [9.17, 15) is 13.2 Å². The summed E-state index contributed by atoms with van der Waals surface area (Å²) in [4.78, 5) is 16.1. The lowest BCUT2D eigenvalue weighted by Gasteiger charge is -2.36. The lowest BCUT2D eigenvalue weighted by molar-refractivity contribution is -0.128. The molecule has 0 radical (unpaired) electrons. The third-order valence-corrected chi connectivity index (χ3v) is 6.40. The number of nitrogens with zero attached hydrogens (tertiary/aromatic N) is 3. The number of carbonyl (C=O) groups excluding carboxylic acids is 1. The molecule has 0 spiro atoms. The molecule has 2 rings (SSSR count). The van der Waals surface area contributed by atoms with Gasteiger partial charge in [-0.25, -0.2) is 12.7 Å². The number of amides is 1. The number of anilines is 1. The summed E-state index contributed by atoms with van der Waals surface area (Å²) in [5, 5.41) is 0.689. The van der Waals surface area contributed by atoms with Crippen LogP contribution in [0.3, 0.4) is 0 Å². The number of carbonyl (C=O) groups is 1. The average molecular weight is 374 g/mol. The van der Waals surface area contributed by atoms with E-state index in [1.807, 2.05) is 24.3 Å². The third-order valence-electron chi connectivity index (χ3n) is 4.23. The summed E-state index contributed by atoms with van der Waals surface area (Å²) >= 11 is 5.89. The minimum Gasteiger partial charge on any atom is -0.368 e. The molecule has 0 bridgehead atoms. The van der Waals surface area contributed by atoms with Crippen molar-refractivity contribution in [3.63, 3.8) is 0 Å². The van der Waals surface area contributed by atoms with Crippen LogP contribution in [0.25, 0.3) is 0 Å². The summed E-state index contributed by atoms with van der Waals surface area (Å²) in [6.45, 7) is 6.72. The Morgan fingerprint density at radius 2 is 1.62 bits per heavy atom. The van der Waals surface area contributed by atoms with Crippen molar-refractivity contribution in [3.8, 4) is 0 Å². The summed E-state index contributed by atoms with van der Waals surface area (Å²) in [6.07, 6.45) is 0. The monoisotopic (exact) mass is 373 g/mol. The lowest BCUT2D eigenvalue weighted by Crippen LogP contribution is -2.51. The normalized spacial score (nSPS) is 15.8. The molecule has 1 amide bonds. The first-order chi connectivity index (χ1) is 11.4. The summed E-state index contributed by atoms with van der Waals surface area (Å²) in [5.74, 6) is -0.770. The Kier molecular flexibility index (Phi) is 6.48. The first kappa shape index (κ1) is 19.0. The van der Waals surface area contributed by atoms with E-state index >= 15 is 0 Å². The Balaban J connectivity index is 1.92. The van der Waals surface area contributed by atoms with E-state index in [0.29, 0.717) is 44.3 Å². The fourth-order valence-electron chi connectivity index (χ4n) is 2.82. The van der Waals surface area contributed by atoms with Crippen LogP contribution in [0.2, 0.25) is 5.02 Å². The Labute approximate surface area is 149 Å². The van der Waals surface area contributed by atoms with Crippen LogP contribution in [0.5, 0.6) is 0 Å². The van der Waals surface area contributed by atoms with Crippen molar-refractivity contribution in [2.75, 3.05) is 49.9 Å². The smallest absolute Gasteiger partial charge is 0.239 e. The molecule has 0 N–H and O–H groups in total. The van der Waals surface area contributed by atoms with E-state index in [2.05, 4.69) is 4.90 Å². The lowest BCUT2D eigenvalue weighted by atomic mass is 10.2. The largest absolute Gasteiger partial charge is 0.368 e. The van der Waals surface area contributed by atoms with Gasteiger partial charge in [-0.2, -0.15) is 0 Å². The first-order valence-corrected chi connectivity index (χ1v) is 10.1. The van der Waals surface area contributed by atoms with Gasteiger partial charge in [0, 0.05) is 50.0 Å². The van der Waals surface area contributed by atoms with Crippen molar-refractivity contribution in [3.05, 3.63) is 29.3 Å². The fraction of sp³-hybridized carbons (Fsp3) is 0.562. The molecular weight excluding hydrogens is 350 g/mol. The molecule has 0 atom stereocenters. The van der Waals surface area contributed by atoms with Gasteiger partial charge in [-0.3, -0.25) is 4.79 Å². The van der Waals surface area contributed by atoms with Gasteiger partial charge in [0.1, 0.15) is 5.75 Å². The molecular formula is C16H24ClN3O3S. The minimum atomic E-state index is -3.53. The van der Waals surface area contributed by atoms with Crippen LogP contribution in [0.15, 0.2) is 24.3 Å². The molecule has 0 aliphatic carbocycles. The molecule has 0 aromatic heterocycles. The second-order valence-electron chi connectivity index (χ2n) is 5.68. The number of sulfonamides is 1. The molecule has 1 aliphatic rings. The number of hydrogen-bond donors (Lipinski definition) is 0. The van der Waals surface area contributed by atoms with Crippen LogP contribution in [0.4, 0.5) is 5.69 Å². The van der Waals surface area contributed by atoms with Crippen LogP contribution in [0, 0.1) is 0 Å². The quantitative estimate of drug-likeness (QED) is 0.760. The number of benzene rings is 1. The minimum absolute atomic E-state index is 0.322. The van der Waals surface area contributed by atoms with Crippen LogP contribution >= 0.6 is 11.6 Å². The zero-order chi connectivity index (χ0) is 17.7. The molecule has 1 aromatic rings. The zero-order valence-corrected chi connectivity index (χ0v) is 15.7. The Bertz CT molecular complexity index is 652. The summed E-state index contributed by atoms with van der Waals surface area (Å²) in [5.41, 5.74) is 1.06. The van der Waals surface area contributed by atoms with E-state index in [0.717, 1.165) is 5.69 Å². The van der Waals surface area contributed by atoms with Gasteiger partial charge in [0.05, 0.1) is 0 Å². The SMILES string of the molecule is CCN(CC)S(=O)(=O)CC(=O)N1CCN(c2ccc(Cl)cc2)CC1. The van der Waals surface area contributed by atoms with E-state index in [1.165, 1.54) is 4.31 Å². The van der Waals surface area contributed by atoms with E-state index < -0.39 is 15.8 Å². The Morgan fingerprint density at radius 3 is 2.12 bits per heavy atom. The first-order valence-electron chi connectivity index (χ1n) is 8.13. The van der Waals surface area contributed by atoms with Gasteiger partial charge in [-0.1, -0.05) is 25.4 Å². The number of hydrogen-bond acceptors (Lipinski definition) is 4. The molecule has 1 aromatic carbocycles. The molecule has 0 saturated carbocycles. The number of halogens is 1. The Morgan fingerprint density at radius 1 is 1.08 bits per heavy atom. The standard InChI is InChI=1S/C16H24ClN3O3S/c1-3-20(4-2)24(22,23)13-16(21)19-11-9-18(10-12-19)15-7-5-14(17)6-8-15/h5-8H,3-4,9-13H2,1-2H3. The second-order valence-corrected chi connectivity index (χ2v) is 8.09. The maximum absolute atomic E-state index is 12.3. The predicted molar refractivity (Wildman–Crippen MR) is 97.0 cm³/mol. The molecule has 134 valence electrons. The Hall–Kier alpha value is -1.31. The van der Waals surface area contributed by atoms with Crippen LogP contribution in [-0.2, 0) is 14.8 Å². The molecule has 1 heterocycles. The van der Waals surface area contributed by atoms with Gasteiger partial charge in [-0.15, -0.1) is 0 Å². The molecule has 0 unspecified atom stereocenters. The predicted octanol–water partition coefficient (Wildman–Crippen LogP) is 1.66. The van der Waals surface area contributed by atoms with Crippen molar-refractivity contribution < 1.29 is 13.2 Å². The zero-order valence-electron chi connectivity index (χ0n) is 14.1. The highest BCUT2D eigenvalue weighted by Gasteiger charge is 2.28. The van der Waals surface area contributed by atoms with Crippen molar-refractivity contribution in [2.24, 2.45) is 0 Å². The second kappa shape index (κ2) is 8.18. The summed E-state index contributed by atoms with van der Waals surface area (Å²) in [7, 11) is -3.53. The van der Waals surface area contributed by atoms with Crippen LogP contribution in [0.1, 0.15) is 13.8 Å². The summed E-state index contributed by atoms with van der Waals surface area (Å²) in [6, 6.07) is 7.57. The van der Waals surface area contributed by atoms with E-state index in [-0.39, 0.29) is 5.91 Å². The highest BCUT2D eigenvalue weighted by Crippen LogP contribution is 2.19. The summed E-state index contributed by atoms with van der Waals surface area (Å²) < 4.78 is 25.8. The topological polar surface area (TPSA) is 60.9 Å². The fourth-order valence-corrected chi connectivity index (χ4v) is 4.41. The average Bonchev–Trinajstić information content (AvgIpc) is 2.56. The number of piperazine rings is 1. The maximum Gasteiger partial charge on any atom is 0.239 e. The highest BCUT2D eigenvalue weighted by atomic mass is 35.5. The molecule has 1 fully saturated rings. The van der Waals surface area contributed by atoms with Crippen molar-refractivity contribution in [2.45, 2.75) is 13.8 Å². The van der Waals surface area contributed by atoms with Gasteiger partial charge >= 0.3 is 0 Å². The van der Waals surface area contributed by atoms with Crippen molar-refractivity contribution in [1.82, 2.24) is 9.21 Å². The van der Waals surface area contributed by atoms with E-state index in [1.54, 1.807) is 18.7 Å². The van der Waals surface area contributed by atoms with Gasteiger partial charge in [0.2, 0.25) is 15.9 Å². The van der Waals surface area contributed by atoms with Gasteiger partial charge in [0.25, 0.3) is 0 Å². The van der Waals surface area contributed by atoms with Gasteiger partial charge in [0.15, 0.2) is 0 Å². The van der Waals surface area contributed by atoms with Gasteiger partial charge < -0.3 is 9.80 Å². The molecule has 8 heteroatoms. The molecule has 1 saturated heterocycles. The third kappa shape index (κ3) is 4.62. The molecule has 6 nitrogen and oxygen atoms in total. The molecule has 24 heavy (non-hydrogen) atoms. The van der Waals surface area contributed by atoms with Gasteiger partial charge in [-0.05, 0) is 24.3 Å².